The number of halogens is 2. The highest BCUT2D eigenvalue weighted by Gasteiger charge is 2.14. The molecule has 0 aromatic heterocycles. The van der Waals surface area contributed by atoms with E-state index in [1.54, 1.807) is 6.07 Å². The molecule has 0 heterocycles. The molecule has 0 aliphatic carbocycles. The molecule has 0 saturated carbocycles. The summed E-state index contributed by atoms with van der Waals surface area (Å²) in [6, 6.07) is 4.79. The zero-order chi connectivity index (χ0) is 13.7. The Bertz CT molecular complexity index is 367. The fourth-order valence-corrected chi connectivity index (χ4v) is 2.35. The van der Waals surface area contributed by atoms with Gasteiger partial charge in [-0.05, 0) is 42.9 Å². The quantitative estimate of drug-likeness (QED) is 0.735. The third-order valence-corrected chi connectivity index (χ3v) is 3.13. The van der Waals surface area contributed by atoms with E-state index in [9.17, 15) is 4.39 Å². The summed E-state index contributed by atoms with van der Waals surface area (Å²) in [6.45, 7) is 8.79. The van der Waals surface area contributed by atoms with Crippen LogP contribution in [0.4, 0.5) is 10.1 Å². The SMILES string of the molecule is CC(C)CC(CC(C)C)Nc1cc(F)ccc1Cl. The van der Waals surface area contributed by atoms with Crippen LogP contribution in [0.15, 0.2) is 18.2 Å². The molecule has 1 rings (SSSR count). The third-order valence-electron chi connectivity index (χ3n) is 2.80. The Balaban J connectivity index is 2.77. The first-order valence-corrected chi connectivity index (χ1v) is 6.98. The second-order valence-electron chi connectivity index (χ2n) is 5.72. The molecule has 0 aliphatic heterocycles. The van der Waals surface area contributed by atoms with Crippen LogP contribution in [0.25, 0.3) is 0 Å². The van der Waals surface area contributed by atoms with Gasteiger partial charge in [0.1, 0.15) is 5.82 Å². The maximum absolute atomic E-state index is 13.2. The molecule has 0 radical (unpaired) electrons. The standard InChI is InChI=1S/C15H23ClFN/c1-10(2)7-13(8-11(3)4)18-15-9-12(17)5-6-14(15)16/h5-6,9-11,13,18H,7-8H2,1-4H3. The highest BCUT2D eigenvalue weighted by molar-refractivity contribution is 6.33. The Morgan fingerprint density at radius 1 is 1.11 bits per heavy atom. The number of rotatable bonds is 6. The Morgan fingerprint density at radius 2 is 1.67 bits per heavy atom. The summed E-state index contributed by atoms with van der Waals surface area (Å²) in [5.74, 6) is 0.955. The number of benzene rings is 1. The molecule has 1 aromatic carbocycles. The van der Waals surface area contributed by atoms with E-state index < -0.39 is 0 Å². The largest absolute Gasteiger partial charge is 0.381 e. The predicted octanol–water partition coefficient (Wildman–Crippen LogP) is 5.35. The molecule has 3 heteroatoms. The minimum Gasteiger partial charge on any atom is -0.381 e. The highest BCUT2D eigenvalue weighted by Crippen LogP contribution is 2.26. The zero-order valence-electron chi connectivity index (χ0n) is 11.6. The Morgan fingerprint density at radius 3 is 2.17 bits per heavy atom. The minimum atomic E-state index is -0.255. The second-order valence-corrected chi connectivity index (χ2v) is 6.13. The molecule has 0 amide bonds. The number of hydrogen-bond acceptors (Lipinski definition) is 1. The molecule has 1 aromatic rings. The van der Waals surface area contributed by atoms with Gasteiger partial charge in [0.25, 0.3) is 0 Å². The van der Waals surface area contributed by atoms with Gasteiger partial charge in [0, 0.05) is 6.04 Å². The monoisotopic (exact) mass is 271 g/mol. The van der Waals surface area contributed by atoms with Crippen LogP contribution in [0, 0.1) is 17.7 Å². The van der Waals surface area contributed by atoms with Crippen molar-refractivity contribution < 1.29 is 4.39 Å². The van der Waals surface area contributed by atoms with Gasteiger partial charge in [0.15, 0.2) is 0 Å². The van der Waals surface area contributed by atoms with Gasteiger partial charge in [-0.1, -0.05) is 39.3 Å². The van der Waals surface area contributed by atoms with E-state index >= 15 is 0 Å². The summed E-state index contributed by atoms with van der Waals surface area (Å²) in [4.78, 5) is 0. The molecule has 1 N–H and O–H groups in total. The van der Waals surface area contributed by atoms with Crippen molar-refractivity contribution in [1.82, 2.24) is 0 Å². The fraction of sp³-hybridized carbons (Fsp3) is 0.600. The summed E-state index contributed by atoms with van der Waals surface area (Å²) in [5, 5.41) is 3.96. The van der Waals surface area contributed by atoms with Crippen molar-refractivity contribution in [1.29, 1.82) is 0 Å². The topological polar surface area (TPSA) is 12.0 Å². The predicted molar refractivity (Wildman–Crippen MR) is 77.7 cm³/mol. The van der Waals surface area contributed by atoms with Gasteiger partial charge in [-0.2, -0.15) is 0 Å². The molecule has 1 nitrogen and oxygen atoms in total. The Kier molecular flexibility index (Phi) is 5.94. The van der Waals surface area contributed by atoms with E-state index in [2.05, 4.69) is 33.0 Å². The highest BCUT2D eigenvalue weighted by atomic mass is 35.5. The van der Waals surface area contributed by atoms with Crippen LogP contribution in [0.3, 0.4) is 0 Å². The van der Waals surface area contributed by atoms with E-state index in [4.69, 9.17) is 11.6 Å². The van der Waals surface area contributed by atoms with E-state index in [-0.39, 0.29) is 5.82 Å². The van der Waals surface area contributed by atoms with Crippen LogP contribution in [0.2, 0.25) is 5.02 Å². The molecular weight excluding hydrogens is 249 g/mol. The normalized spacial score (nSPS) is 11.6. The molecule has 0 fully saturated rings. The second kappa shape index (κ2) is 6.98. The smallest absolute Gasteiger partial charge is 0.125 e. The lowest BCUT2D eigenvalue weighted by Gasteiger charge is -2.24. The maximum Gasteiger partial charge on any atom is 0.125 e. The van der Waals surface area contributed by atoms with Gasteiger partial charge in [0.2, 0.25) is 0 Å². The van der Waals surface area contributed by atoms with Crippen molar-refractivity contribution in [3.8, 4) is 0 Å². The molecule has 0 saturated heterocycles. The first-order valence-electron chi connectivity index (χ1n) is 6.60. The van der Waals surface area contributed by atoms with Crippen LogP contribution in [-0.2, 0) is 0 Å². The molecule has 0 aliphatic rings. The minimum absolute atomic E-state index is 0.255. The third kappa shape index (κ3) is 5.26. The number of nitrogens with one attached hydrogen (secondary N) is 1. The first-order chi connectivity index (χ1) is 8.38. The summed E-state index contributed by atoms with van der Waals surface area (Å²) < 4.78 is 13.2. The molecule has 0 bridgehead atoms. The van der Waals surface area contributed by atoms with Gasteiger partial charge in [-0.15, -0.1) is 0 Å². The molecule has 0 unspecified atom stereocenters. The Hall–Kier alpha value is -0.760. The van der Waals surface area contributed by atoms with Crippen LogP contribution in [0.1, 0.15) is 40.5 Å². The number of anilines is 1. The van der Waals surface area contributed by atoms with Gasteiger partial charge < -0.3 is 5.32 Å². The van der Waals surface area contributed by atoms with Crippen molar-refractivity contribution in [2.75, 3.05) is 5.32 Å². The summed E-state index contributed by atoms with van der Waals surface area (Å²) in [5.41, 5.74) is 0.697. The van der Waals surface area contributed by atoms with Crippen LogP contribution in [0.5, 0.6) is 0 Å². The molecule has 18 heavy (non-hydrogen) atoms. The van der Waals surface area contributed by atoms with E-state index in [1.165, 1.54) is 12.1 Å². The fourth-order valence-electron chi connectivity index (χ4n) is 2.18. The first kappa shape index (κ1) is 15.3. The van der Waals surface area contributed by atoms with Crippen molar-refractivity contribution in [3.05, 3.63) is 29.0 Å². The number of hydrogen-bond donors (Lipinski definition) is 1. The van der Waals surface area contributed by atoms with Gasteiger partial charge in [0.05, 0.1) is 10.7 Å². The van der Waals surface area contributed by atoms with E-state index in [0.29, 0.717) is 28.6 Å². The molecule has 102 valence electrons. The zero-order valence-corrected chi connectivity index (χ0v) is 12.4. The van der Waals surface area contributed by atoms with Crippen LogP contribution < -0.4 is 5.32 Å². The van der Waals surface area contributed by atoms with Gasteiger partial charge >= 0.3 is 0 Å². The Labute approximate surface area is 115 Å². The molecule has 0 spiro atoms. The lowest BCUT2D eigenvalue weighted by molar-refractivity contribution is 0.442. The lowest BCUT2D eigenvalue weighted by atomic mass is 9.95. The van der Waals surface area contributed by atoms with Crippen molar-refractivity contribution in [2.24, 2.45) is 11.8 Å². The van der Waals surface area contributed by atoms with Gasteiger partial charge in [-0.3, -0.25) is 0 Å². The van der Waals surface area contributed by atoms with E-state index in [1.807, 2.05) is 0 Å². The molecular formula is C15H23ClFN. The van der Waals surface area contributed by atoms with Crippen molar-refractivity contribution in [3.63, 3.8) is 0 Å². The van der Waals surface area contributed by atoms with Crippen LogP contribution >= 0.6 is 11.6 Å². The maximum atomic E-state index is 13.2. The summed E-state index contributed by atoms with van der Waals surface area (Å²) in [7, 11) is 0. The van der Waals surface area contributed by atoms with Gasteiger partial charge in [-0.25, -0.2) is 4.39 Å². The summed E-state index contributed by atoms with van der Waals surface area (Å²) >= 11 is 6.08. The summed E-state index contributed by atoms with van der Waals surface area (Å²) in [6.07, 6.45) is 2.12. The van der Waals surface area contributed by atoms with Crippen molar-refractivity contribution in [2.45, 2.75) is 46.6 Å². The molecule has 0 atom stereocenters. The van der Waals surface area contributed by atoms with Crippen molar-refractivity contribution >= 4 is 17.3 Å². The average molecular weight is 272 g/mol. The lowest BCUT2D eigenvalue weighted by Crippen LogP contribution is -2.23. The van der Waals surface area contributed by atoms with Crippen LogP contribution in [-0.4, -0.2) is 6.04 Å². The average Bonchev–Trinajstić information content (AvgIpc) is 2.21. The van der Waals surface area contributed by atoms with E-state index in [0.717, 1.165) is 12.8 Å².